The molecule has 1 aromatic carbocycles. The van der Waals surface area contributed by atoms with E-state index < -0.39 is 12.1 Å². The molecule has 0 fully saturated rings. The van der Waals surface area contributed by atoms with Crippen molar-refractivity contribution in [3.8, 4) is 5.75 Å². The summed E-state index contributed by atoms with van der Waals surface area (Å²) in [6.45, 7) is 2.97. The van der Waals surface area contributed by atoms with Gasteiger partial charge in [0.25, 0.3) is 0 Å². The molecule has 0 spiro atoms. The lowest BCUT2D eigenvalue weighted by Crippen LogP contribution is -2.16. The monoisotopic (exact) mass is 371 g/mol. The van der Waals surface area contributed by atoms with Crippen molar-refractivity contribution in [1.82, 2.24) is 14.1 Å². The minimum atomic E-state index is -0.533. The number of rotatable bonds is 9. The minimum Gasteiger partial charge on any atom is -0.494 e. The zero-order chi connectivity index (χ0) is 19.2. The highest BCUT2D eigenvalue weighted by atomic mass is 16.5. The molecule has 3 rings (SSSR count). The maximum Gasteiger partial charge on any atom is 0.358 e. The molecule has 7 nitrogen and oxygen atoms in total. The Morgan fingerprint density at radius 2 is 2.19 bits per heavy atom. The fraction of sp³-hybridized carbons (Fsp3) is 0.400. The van der Waals surface area contributed by atoms with Crippen LogP contribution in [0.5, 0.6) is 5.75 Å². The van der Waals surface area contributed by atoms with Gasteiger partial charge < -0.3 is 23.7 Å². The summed E-state index contributed by atoms with van der Waals surface area (Å²) in [5.41, 5.74) is 1.42. The molecule has 144 valence electrons. The van der Waals surface area contributed by atoms with Crippen molar-refractivity contribution in [1.29, 1.82) is 0 Å². The number of aromatic nitrogens is 3. The molecule has 27 heavy (non-hydrogen) atoms. The number of aliphatic hydroxyl groups excluding tert-OH is 1. The lowest BCUT2D eigenvalue weighted by Gasteiger charge is -2.12. The van der Waals surface area contributed by atoms with Crippen molar-refractivity contribution in [2.45, 2.75) is 32.4 Å². The molecule has 2 aromatic heterocycles. The number of benzene rings is 1. The number of fused-ring (bicyclic) bond motifs is 1. The molecule has 0 radical (unpaired) electrons. The van der Waals surface area contributed by atoms with Gasteiger partial charge in [0, 0.05) is 36.9 Å². The number of ether oxygens (including phenoxy) is 2. The maximum absolute atomic E-state index is 11.6. The van der Waals surface area contributed by atoms with Gasteiger partial charge in [-0.05, 0) is 44.0 Å². The zero-order valence-corrected chi connectivity index (χ0v) is 15.7. The van der Waals surface area contributed by atoms with Gasteiger partial charge in [-0.15, -0.1) is 0 Å². The highest BCUT2D eigenvalue weighted by Gasteiger charge is 2.12. The number of hydrogen-bond donors (Lipinski definition) is 1. The summed E-state index contributed by atoms with van der Waals surface area (Å²) in [6.07, 6.45) is 5.94. The van der Waals surface area contributed by atoms with E-state index in [-0.39, 0.29) is 5.69 Å². The SMILES string of the molecule is CCOC(=O)c1cn(CC(O)CCCOc2ccc3c(ccn3C)c2)cn1. The smallest absolute Gasteiger partial charge is 0.358 e. The molecule has 0 saturated carbocycles. The third kappa shape index (κ3) is 4.89. The molecule has 0 amide bonds. The number of aryl methyl sites for hydroxylation is 1. The largest absolute Gasteiger partial charge is 0.494 e. The maximum atomic E-state index is 11.6. The fourth-order valence-corrected chi connectivity index (χ4v) is 2.96. The molecular formula is C20H25N3O4. The Morgan fingerprint density at radius 3 is 3.00 bits per heavy atom. The van der Waals surface area contributed by atoms with Crippen LogP contribution in [0, 0.1) is 0 Å². The fourth-order valence-electron chi connectivity index (χ4n) is 2.96. The second-order valence-electron chi connectivity index (χ2n) is 6.47. The molecule has 3 aromatic rings. The second-order valence-corrected chi connectivity index (χ2v) is 6.47. The van der Waals surface area contributed by atoms with E-state index in [1.54, 1.807) is 17.7 Å². The van der Waals surface area contributed by atoms with Gasteiger partial charge in [-0.2, -0.15) is 0 Å². The van der Waals surface area contributed by atoms with E-state index in [0.29, 0.717) is 26.2 Å². The van der Waals surface area contributed by atoms with Gasteiger partial charge in [-0.1, -0.05) is 0 Å². The normalized spacial score (nSPS) is 12.3. The van der Waals surface area contributed by atoms with Crippen molar-refractivity contribution >= 4 is 16.9 Å². The average molecular weight is 371 g/mol. The van der Waals surface area contributed by atoms with E-state index in [1.165, 1.54) is 11.8 Å². The molecular weight excluding hydrogens is 346 g/mol. The van der Waals surface area contributed by atoms with Crippen molar-refractivity contribution in [2.24, 2.45) is 7.05 Å². The van der Waals surface area contributed by atoms with Crippen LogP contribution in [-0.2, 0) is 18.3 Å². The Kier molecular flexibility index (Phi) is 6.13. The molecule has 0 aliphatic rings. The van der Waals surface area contributed by atoms with E-state index in [0.717, 1.165) is 17.6 Å². The lowest BCUT2D eigenvalue weighted by molar-refractivity contribution is 0.0519. The van der Waals surface area contributed by atoms with Crippen molar-refractivity contribution in [3.63, 3.8) is 0 Å². The summed E-state index contributed by atoms with van der Waals surface area (Å²) in [5.74, 6) is 0.381. The summed E-state index contributed by atoms with van der Waals surface area (Å²) >= 11 is 0. The van der Waals surface area contributed by atoms with E-state index in [9.17, 15) is 9.90 Å². The van der Waals surface area contributed by atoms with Gasteiger partial charge in [0.05, 0.1) is 25.6 Å². The quantitative estimate of drug-likeness (QED) is 0.462. The predicted octanol–water partition coefficient (Wildman–Crippen LogP) is 2.77. The second kappa shape index (κ2) is 8.73. The zero-order valence-electron chi connectivity index (χ0n) is 15.7. The highest BCUT2D eigenvalue weighted by molar-refractivity contribution is 5.86. The predicted molar refractivity (Wildman–Crippen MR) is 102 cm³/mol. The Hall–Kier alpha value is -2.80. The van der Waals surface area contributed by atoms with Crippen LogP contribution < -0.4 is 4.74 Å². The first-order valence-corrected chi connectivity index (χ1v) is 9.11. The van der Waals surface area contributed by atoms with Crippen LogP contribution in [-0.4, -0.2) is 44.5 Å². The first-order valence-electron chi connectivity index (χ1n) is 9.11. The van der Waals surface area contributed by atoms with Crippen LogP contribution in [0.25, 0.3) is 10.9 Å². The average Bonchev–Trinajstić information content (AvgIpc) is 3.26. The summed E-state index contributed by atoms with van der Waals surface area (Å²) in [7, 11) is 2.01. The molecule has 2 heterocycles. The van der Waals surface area contributed by atoms with Gasteiger partial charge in [0.15, 0.2) is 5.69 Å². The van der Waals surface area contributed by atoms with Crippen LogP contribution in [0.4, 0.5) is 0 Å². The number of aliphatic hydroxyl groups is 1. The number of carbonyl (C=O) groups excluding carboxylic acids is 1. The van der Waals surface area contributed by atoms with Gasteiger partial charge in [0.2, 0.25) is 0 Å². The summed E-state index contributed by atoms with van der Waals surface area (Å²) in [5, 5.41) is 11.3. The lowest BCUT2D eigenvalue weighted by atomic mass is 10.2. The van der Waals surface area contributed by atoms with E-state index in [1.807, 2.05) is 31.4 Å². The van der Waals surface area contributed by atoms with Crippen molar-refractivity contribution < 1.29 is 19.4 Å². The number of imidazole rings is 1. The molecule has 0 saturated heterocycles. The number of hydrogen-bond acceptors (Lipinski definition) is 5. The third-order valence-corrected chi connectivity index (χ3v) is 4.35. The van der Waals surface area contributed by atoms with Crippen LogP contribution in [0.3, 0.4) is 0 Å². The van der Waals surface area contributed by atoms with Gasteiger partial charge in [0.1, 0.15) is 5.75 Å². The van der Waals surface area contributed by atoms with Crippen molar-refractivity contribution in [3.05, 3.63) is 48.7 Å². The van der Waals surface area contributed by atoms with Crippen molar-refractivity contribution in [2.75, 3.05) is 13.2 Å². The summed E-state index contributed by atoms with van der Waals surface area (Å²) in [6, 6.07) is 8.08. The Bertz CT molecular complexity index is 900. The highest BCUT2D eigenvalue weighted by Crippen LogP contribution is 2.21. The third-order valence-electron chi connectivity index (χ3n) is 4.35. The molecule has 0 aliphatic heterocycles. The van der Waals surface area contributed by atoms with Crippen LogP contribution >= 0.6 is 0 Å². The van der Waals surface area contributed by atoms with E-state index in [4.69, 9.17) is 9.47 Å². The summed E-state index contributed by atoms with van der Waals surface area (Å²) in [4.78, 5) is 15.6. The topological polar surface area (TPSA) is 78.5 Å². The molecule has 1 atom stereocenters. The first-order chi connectivity index (χ1) is 13.1. The van der Waals surface area contributed by atoms with Crippen LogP contribution in [0.15, 0.2) is 43.0 Å². The standard InChI is InChI=1S/C20H25N3O4/c1-3-26-20(25)18-13-23(14-21-18)12-16(24)5-4-10-27-17-6-7-19-15(11-17)8-9-22(19)2/h6-9,11,13-14,16,24H,3-5,10,12H2,1-2H3. The van der Waals surface area contributed by atoms with Gasteiger partial charge in [-0.25, -0.2) is 9.78 Å². The molecule has 7 heteroatoms. The van der Waals surface area contributed by atoms with Gasteiger partial charge >= 0.3 is 5.97 Å². The molecule has 0 aliphatic carbocycles. The number of nitrogens with zero attached hydrogens (tertiary/aromatic N) is 3. The van der Waals surface area contributed by atoms with Crippen LogP contribution in [0.1, 0.15) is 30.3 Å². The molecule has 1 N–H and O–H groups in total. The van der Waals surface area contributed by atoms with Gasteiger partial charge in [-0.3, -0.25) is 0 Å². The molecule has 1 unspecified atom stereocenters. The molecule has 0 bridgehead atoms. The van der Waals surface area contributed by atoms with E-state index >= 15 is 0 Å². The summed E-state index contributed by atoms with van der Waals surface area (Å²) < 4.78 is 14.5. The minimum absolute atomic E-state index is 0.253. The first kappa shape index (κ1) is 19.0. The Labute approximate surface area is 158 Å². The van der Waals surface area contributed by atoms with E-state index in [2.05, 4.69) is 15.6 Å². The number of carbonyl (C=O) groups is 1. The Morgan fingerprint density at radius 1 is 1.33 bits per heavy atom. The number of esters is 1. The van der Waals surface area contributed by atoms with Crippen LogP contribution in [0.2, 0.25) is 0 Å². The Balaban J connectivity index is 1.41.